The molecule has 0 aliphatic heterocycles. The van der Waals surface area contributed by atoms with Crippen molar-refractivity contribution < 1.29 is 22.7 Å². The SMILES string of the molecule is CNC(=O)c1ccc(NCC#Cc2cc3c(Br)cccn3c2SC(F)(F)F)c(OC)c1. The van der Waals surface area contributed by atoms with Gasteiger partial charge in [-0.2, -0.15) is 13.2 Å². The molecule has 162 valence electrons. The van der Waals surface area contributed by atoms with Crippen LogP contribution in [0.25, 0.3) is 5.52 Å². The van der Waals surface area contributed by atoms with Gasteiger partial charge in [0, 0.05) is 35.0 Å². The molecule has 2 heterocycles. The number of ether oxygens (including phenoxy) is 1. The van der Waals surface area contributed by atoms with Crippen LogP contribution in [-0.2, 0) is 0 Å². The van der Waals surface area contributed by atoms with Gasteiger partial charge >= 0.3 is 5.51 Å². The summed E-state index contributed by atoms with van der Waals surface area (Å²) < 4.78 is 46.6. The van der Waals surface area contributed by atoms with E-state index in [2.05, 4.69) is 38.4 Å². The number of aromatic nitrogens is 1. The number of carbonyl (C=O) groups is 1. The summed E-state index contributed by atoms with van der Waals surface area (Å²) in [7, 11) is 3.01. The van der Waals surface area contributed by atoms with Crippen LogP contribution in [0, 0.1) is 11.8 Å². The third-order valence-corrected chi connectivity index (χ3v) is 5.72. The van der Waals surface area contributed by atoms with Crippen molar-refractivity contribution in [3.8, 4) is 17.6 Å². The van der Waals surface area contributed by atoms with E-state index < -0.39 is 5.51 Å². The first-order valence-electron chi connectivity index (χ1n) is 8.91. The number of alkyl halides is 3. The number of halogens is 4. The van der Waals surface area contributed by atoms with Crippen molar-refractivity contribution in [2.45, 2.75) is 10.5 Å². The lowest BCUT2D eigenvalue weighted by atomic mass is 10.1. The number of methoxy groups -OCH3 is 1. The zero-order valence-corrected chi connectivity index (χ0v) is 18.8. The van der Waals surface area contributed by atoms with E-state index in [1.54, 1.807) is 42.6 Å². The molecule has 31 heavy (non-hydrogen) atoms. The Hall–Kier alpha value is -2.77. The van der Waals surface area contributed by atoms with E-state index in [1.807, 2.05) is 0 Å². The Kier molecular flexibility index (Phi) is 7.08. The molecule has 2 N–H and O–H groups in total. The minimum atomic E-state index is -4.44. The maximum absolute atomic E-state index is 13.1. The first-order valence-corrected chi connectivity index (χ1v) is 10.5. The summed E-state index contributed by atoms with van der Waals surface area (Å²) in [6, 6.07) is 9.93. The van der Waals surface area contributed by atoms with Crippen LogP contribution in [0.15, 0.2) is 52.1 Å². The number of amides is 1. The molecular formula is C21H17BrF3N3O2S. The second-order valence-electron chi connectivity index (χ2n) is 6.17. The predicted molar refractivity (Wildman–Crippen MR) is 119 cm³/mol. The molecule has 0 radical (unpaired) electrons. The number of pyridine rings is 1. The first kappa shape index (κ1) is 22.9. The molecule has 3 rings (SSSR count). The van der Waals surface area contributed by atoms with Gasteiger partial charge < -0.3 is 19.8 Å². The molecule has 0 aliphatic carbocycles. The Morgan fingerprint density at radius 3 is 2.74 bits per heavy atom. The van der Waals surface area contributed by atoms with E-state index in [9.17, 15) is 18.0 Å². The number of fused-ring (bicyclic) bond motifs is 1. The fourth-order valence-electron chi connectivity index (χ4n) is 2.84. The number of thioether (sulfide) groups is 1. The van der Waals surface area contributed by atoms with Gasteiger partial charge in [0.1, 0.15) is 10.8 Å². The van der Waals surface area contributed by atoms with Gasteiger partial charge in [-0.15, -0.1) is 0 Å². The summed E-state index contributed by atoms with van der Waals surface area (Å²) in [6.07, 6.45) is 1.57. The zero-order chi connectivity index (χ0) is 22.6. The van der Waals surface area contributed by atoms with E-state index in [-0.39, 0.29) is 34.8 Å². The van der Waals surface area contributed by atoms with E-state index in [1.165, 1.54) is 18.6 Å². The largest absolute Gasteiger partial charge is 0.495 e. The number of rotatable bonds is 5. The second-order valence-corrected chi connectivity index (χ2v) is 8.08. The maximum Gasteiger partial charge on any atom is 0.447 e. The molecule has 0 saturated heterocycles. The van der Waals surface area contributed by atoms with Gasteiger partial charge in [0.25, 0.3) is 5.91 Å². The fourth-order valence-corrected chi connectivity index (χ4v) is 4.00. The molecule has 2 aromatic heterocycles. The number of benzene rings is 1. The summed E-state index contributed by atoms with van der Waals surface area (Å²) >= 11 is 3.16. The molecule has 0 aliphatic rings. The first-order chi connectivity index (χ1) is 14.7. The average molecular weight is 512 g/mol. The summed E-state index contributed by atoms with van der Waals surface area (Å²) in [5.74, 6) is 5.88. The number of hydrogen-bond acceptors (Lipinski definition) is 4. The van der Waals surface area contributed by atoms with Crippen LogP contribution in [0.3, 0.4) is 0 Å². The van der Waals surface area contributed by atoms with Gasteiger partial charge in [-0.25, -0.2) is 0 Å². The van der Waals surface area contributed by atoms with Gasteiger partial charge in [-0.05, 0) is 52.3 Å². The number of carbonyl (C=O) groups excluding carboxylic acids is 1. The van der Waals surface area contributed by atoms with Crippen molar-refractivity contribution in [3.05, 3.63) is 58.2 Å². The lowest BCUT2D eigenvalue weighted by molar-refractivity contribution is -0.0329. The van der Waals surface area contributed by atoms with E-state index in [0.29, 0.717) is 27.0 Å². The van der Waals surface area contributed by atoms with Gasteiger partial charge in [-0.1, -0.05) is 11.8 Å². The van der Waals surface area contributed by atoms with Crippen molar-refractivity contribution >= 4 is 44.8 Å². The molecule has 0 atom stereocenters. The Balaban J connectivity index is 1.84. The summed E-state index contributed by atoms with van der Waals surface area (Å²) in [5.41, 5.74) is -2.52. The molecule has 0 fully saturated rings. The number of nitrogens with one attached hydrogen (secondary N) is 2. The van der Waals surface area contributed by atoms with E-state index >= 15 is 0 Å². The fraction of sp³-hybridized carbons (Fsp3) is 0.190. The van der Waals surface area contributed by atoms with Crippen LogP contribution in [0.1, 0.15) is 15.9 Å². The smallest absolute Gasteiger partial charge is 0.447 e. The molecule has 1 aromatic carbocycles. The highest BCUT2D eigenvalue weighted by Gasteiger charge is 2.32. The molecule has 5 nitrogen and oxygen atoms in total. The molecule has 0 saturated carbocycles. The van der Waals surface area contributed by atoms with Crippen molar-refractivity contribution in [3.63, 3.8) is 0 Å². The molecule has 0 bridgehead atoms. The topological polar surface area (TPSA) is 54.8 Å². The Labute approximate surface area is 189 Å². The van der Waals surface area contributed by atoms with Crippen LogP contribution >= 0.6 is 27.7 Å². The van der Waals surface area contributed by atoms with Gasteiger partial charge in [0.15, 0.2) is 0 Å². The Morgan fingerprint density at radius 1 is 1.29 bits per heavy atom. The lowest BCUT2D eigenvalue weighted by Gasteiger charge is -2.10. The molecule has 10 heteroatoms. The van der Waals surface area contributed by atoms with E-state index in [0.717, 1.165) is 0 Å². The quantitative estimate of drug-likeness (QED) is 0.367. The molecular weight excluding hydrogens is 495 g/mol. The lowest BCUT2D eigenvalue weighted by Crippen LogP contribution is -2.17. The highest BCUT2D eigenvalue weighted by Crippen LogP contribution is 2.40. The zero-order valence-electron chi connectivity index (χ0n) is 16.4. The predicted octanol–water partition coefficient (Wildman–Crippen LogP) is 5.15. The van der Waals surface area contributed by atoms with Gasteiger partial charge in [0.2, 0.25) is 0 Å². The highest BCUT2D eigenvalue weighted by atomic mass is 79.9. The molecule has 1 amide bonds. The summed E-state index contributed by atoms with van der Waals surface area (Å²) in [6.45, 7) is 0.166. The van der Waals surface area contributed by atoms with Crippen LogP contribution in [0.4, 0.5) is 18.9 Å². The van der Waals surface area contributed by atoms with Crippen LogP contribution in [-0.4, -0.2) is 36.5 Å². The van der Waals surface area contributed by atoms with Crippen LogP contribution in [0.2, 0.25) is 0 Å². The van der Waals surface area contributed by atoms with Gasteiger partial charge in [-0.3, -0.25) is 4.79 Å². The number of nitrogens with zero attached hydrogens (tertiary/aromatic N) is 1. The minimum absolute atomic E-state index is 0.00353. The number of hydrogen-bond donors (Lipinski definition) is 2. The van der Waals surface area contributed by atoms with Crippen molar-refractivity contribution in [1.82, 2.24) is 9.72 Å². The maximum atomic E-state index is 13.1. The monoisotopic (exact) mass is 511 g/mol. The van der Waals surface area contributed by atoms with E-state index in [4.69, 9.17) is 4.74 Å². The highest BCUT2D eigenvalue weighted by molar-refractivity contribution is 9.10. The van der Waals surface area contributed by atoms with Crippen molar-refractivity contribution in [2.24, 2.45) is 0 Å². The second kappa shape index (κ2) is 9.58. The molecule has 0 spiro atoms. The third-order valence-electron chi connectivity index (χ3n) is 4.21. The summed E-state index contributed by atoms with van der Waals surface area (Å²) in [4.78, 5) is 11.7. The van der Waals surface area contributed by atoms with Gasteiger partial charge in [0.05, 0.1) is 30.4 Å². The Morgan fingerprint density at radius 2 is 2.06 bits per heavy atom. The Bertz CT molecular complexity index is 1180. The summed E-state index contributed by atoms with van der Waals surface area (Å²) in [5, 5.41) is 5.59. The van der Waals surface area contributed by atoms with Crippen molar-refractivity contribution in [1.29, 1.82) is 0 Å². The molecule has 3 aromatic rings. The standard InChI is InChI=1S/C21H17BrF3N3O2S/c1-26-19(29)13-7-8-16(18(12-13)30-2)27-9-3-5-14-11-17-15(22)6-4-10-28(17)20(14)31-21(23,24)25/h4,6-8,10-12,27H,9H2,1-2H3,(H,26,29). The van der Waals surface area contributed by atoms with Crippen molar-refractivity contribution in [2.75, 3.05) is 26.0 Å². The number of anilines is 1. The normalized spacial score (nSPS) is 11.0. The third kappa shape index (κ3) is 5.48. The minimum Gasteiger partial charge on any atom is -0.495 e. The van der Waals surface area contributed by atoms with Crippen LogP contribution in [0.5, 0.6) is 5.75 Å². The average Bonchev–Trinajstić information content (AvgIpc) is 3.07. The van der Waals surface area contributed by atoms with Crippen LogP contribution < -0.4 is 15.4 Å². The molecule has 0 unspecified atom stereocenters.